The number of carbonyl (C=O) groups is 2. The van der Waals surface area contributed by atoms with E-state index in [1.807, 2.05) is 62.4 Å². The van der Waals surface area contributed by atoms with Crippen molar-refractivity contribution in [1.82, 2.24) is 10.2 Å². The molecule has 4 nitrogen and oxygen atoms in total. The minimum atomic E-state index is -0.739. The van der Waals surface area contributed by atoms with Crippen molar-refractivity contribution in [1.29, 1.82) is 0 Å². The number of thioether (sulfide) groups is 1. The topological polar surface area (TPSA) is 49.4 Å². The van der Waals surface area contributed by atoms with Gasteiger partial charge in [-0.3, -0.25) is 9.59 Å². The fraction of sp³-hybridized carbons (Fsp3) is 0.333. The largest absolute Gasteiger partial charge is 0.354 e. The zero-order valence-electron chi connectivity index (χ0n) is 21.0. The van der Waals surface area contributed by atoms with Gasteiger partial charge in [-0.2, -0.15) is 11.8 Å². The molecule has 0 saturated heterocycles. The SMILES string of the molecule is CC(C)CNC(=O)[C@H](Cc1ccccc1)N(Cc1ccccc1F)C(=O)CCSCc1ccccc1. The van der Waals surface area contributed by atoms with Gasteiger partial charge in [-0.25, -0.2) is 4.39 Å². The maximum atomic E-state index is 14.6. The van der Waals surface area contributed by atoms with Crippen LogP contribution in [0.3, 0.4) is 0 Å². The fourth-order valence-corrected chi connectivity index (χ4v) is 4.75. The monoisotopic (exact) mass is 506 g/mol. The molecule has 3 aromatic rings. The van der Waals surface area contributed by atoms with Gasteiger partial charge in [-0.1, -0.05) is 92.7 Å². The summed E-state index contributed by atoms with van der Waals surface area (Å²) in [6.07, 6.45) is 0.636. The van der Waals surface area contributed by atoms with Gasteiger partial charge >= 0.3 is 0 Å². The predicted octanol–water partition coefficient (Wildman–Crippen LogP) is 5.86. The van der Waals surface area contributed by atoms with E-state index < -0.39 is 6.04 Å². The van der Waals surface area contributed by atoms with E-state index in [-0.39, 0.29) is 36.5 Å². The molecule has 0 bridgehead atoms. The van der Waals surface area contributed by atoms with E-state index in [2.05, 4.69) is 17.4 Å². The Balaban J connectivity index is 1.80. The van der Waals surface area contributed by atoms with Crippen LogP contribution in [-0.2, 0) is 28.3 Å². The van der Waals surface area contributed by atoms with Crippen molar-refractivity contribution in [2.75, 3.05) is 12.3 Å². The molecule has 1 atom stereocenters. The first-order chi connectivity index (χ1) is 17.4. The fourth-order valence-electron chi connectivity index (χ4n) is 3.85. The summed E-state index contributed by atoms with van der Waals surface area (Å²) in [5.74, 6) is 0.955. The van der Waals surface area contributed by atoms with Crippen LogP contribution in [-0.4, -0.2) is 35.1 Å². The van der Waals surface area contributed by atoms with Crippen LogP contribution < -0.4 is 5.32 Å². The maximum absolute atomic E-state index is 14.6. The highest BCUT2D eigenvalue weighted by molar-refractivity contribution is 7.98. The zero-order chi connectivity index (χ0) is 25.8. The second kappa shape index (κ2) is 14.4. The number of carbonyl (C=O) groups excluding carboxylic acids is 2. The van der Waals surface area contributed by atoms with Crippen molar-refractivity contribution in [3.63, 3.8) is 0 Å². The van der Waals surface area contributed by atoms with Crippen LogP contribution >= 0.6 is 11.8 Å². The van der Waals surface area contributed by atoms with E-state index in [0.29, 0.717) is 24.3 Å². The Kier molecular flexibility index (Phi) is 11.0. The molecular formula is C30H35FN2O2S. The Morgan fingerprint density at radius 1 is 0.889 bits per heavy atom. The summed E-state index contributed by atoms with van der Waals surface area (Å²) in [4.78, 5) is 28.5. The second-order valence-corrected chi connectivity index (χ2v) is 10.4. The molecule has 1 N–H and O–H groups in total. The van der Waals surface area contributed by atoms with E-state index in [4.69, 9.17) is 0 Å². The Morgan fingerprint density at radius 3 is 2.14 bits per heavy atom. The van der Waals surface area contributed by atoms with Crippen molar-refractivity contribution in [2.24, 2.45) is 5.92 Å². The van der Waals surface area contributed by atoms with Gasteiger partial charge in [0.1, 0.15) is 11.9 Å². The van der Waals surface area contributed by atoms with Gasteiger partial charge in [0, 0.05) is 43.0 Å². The average Bonchev–Trinajstić information content (AvgIpc) is 2.89. The van der Waals surface area contributed by atoms with E-state index >= 15 is 0 Å². The number of rotatable bonds is 13. The van der Waals surface area contributed by atoms with Crippen molar-refractivity contribution < 1.29 is 14.0 Å². The molecule has 3 rings (SSSR count). The molecule has 3 aromatic carbocycles. The zero-order valence-corrected chi connectivity index (χ0v) is 21.8. The smallest absolute Gasteiger partial charge is 0.243 e. The first-order valence-corrected chi connectivity index (χ1v) is 13.6. The molecule has 0 aliphatic heterocycles. The summed E-state index contributed by atoms with van der Waals surface area (Å²) in [7, 11) is 0. The normalized spacial score (nSPS) is 11.8. The van der Waals surface area contributed by atoms with Crippen LogP contribution in [0.5, 0.6) is 0 Å². The molecule has 0 unspecified atom stereocenters. The van der Waals surface area contributed by atoms with Crippen molar-refractivity contribution >= 4 is 23.6 Å². The van der Waals surface area contributed by atoms with Crippen molar-refractivity contribution in [3.05, 3.63) is 107 Å². The molecule has 0 fully saturated rings. The lowest BCUT2D eigenvalue weighted by atomic mass is 10.0. The molecule has 190 valence electrons. The van der Waals surface area contributed by atoms with Crippen LogP contribution in [0.2, 0.25) is 0 Å². The molecule has 36 heavy (non-hydrogen) atoms. The highest BCUT2D eigenvalue weighted by Gasteiger charge is 2.30. The first kappa shape index (κ1) is 27.5. The Labute approximate surface area is 218 Å². The minimum Gasteiger partial charge on any atom is -0.354 e. The van der Waals surface area contributed by atoms with Gasteiger partial charge in [0.05, 0.1) is 0 Å². The van der Waals surface area contributed by atoms with E-state index in [1.165, 1.54) is 11.6 Å². The Hall–Kier alpha value is -3.12. The number of hydrogen-bond donors (Lipinski definition) is 1. The third-order valence-electron chi connectivity index (χ3n) is 5.83. The van der Waals surface area contributed by atoms with Crippen LogP contribution in [0.15, 0.2) is 84.9 Å². The average molecular weight is 507 g/mol. The van der Waals surface area contributed by atoms with Crippen molar-refractivity contribution in [3.8, 4) is 0 Å². The van der Waals surface area contributed by atoms with Crippen molar-refractivity contribution in [2.45, 2.75) is 45.0 Å². The van der Waals surface area contributed by atoms with Crippen LogP contribution in [0.4, 0.5) is 4.39 Å². The molecule has 6 heteroatoms. The number of halogens is 1. The van der Waals surface area contributed by atoms with Gasteiger partial charge in [0.2, 0.25) is 11.8 Å². The van der Waals surface area contributed by atoms with Gasteiger partial charge in [-0.15, -0.1) is 0 Å². The summed E-state index contributed by atoms with van der Waals surface area (Å²) in [6.45, 7) is 4.61. The van der Waals surface area contributed by atoms with Gasteiger partial charge in [0.15, 0.2) is 0 Å². The Bertz CT molecular complexity index is 1090. The number of benzene rings is 3. The molecule has 0 aliphatic rings. The summed E-state index contributed by atoms with van der Waals surface area (Å²) in [5, 5.41) is 3.00. The number of amides is 2. The number of hydrogen-bond acceptors (Lipinski definition) is 3. The highest BCUT2D eigenvalue weighted by Crippen LogP contribution is 2.19. The molecule has 0 saturated carbocycles. The number of nitrogens with zero attached hydrogens (tertiary/aromatic N) is 1. The molecule has 0 heterocycles. The second-order valence-electron chi connectivity index (χ2n) is 9.25. The molecule has 0 aromatic heterocycles. The Morgan fingerprint density at radius 2 is 1.50 bits per heavy atom. The first-order valence-electron chi connectivity index (χ1n) is 12.4. The van der Waals surface area contributed by atoms with E-state index in [9.17, 15) is 14.0 Å². The summed E-state index contributed by atoms with van der Waals surface area (Å²) < 4.78 is 14.6. The molecular weight excluding hydrogens is 471 g/mol. The van der Waals surface area contributed by atoms with Crippen LogP contribution in [0, 0.1) is 11.7 Å². The number of nitrogens with one attached hydrogen (secondary N) is 1. The van der Waals surface area contributed by atoms with Crippen LogP contribution in [0.25, 0.3) is 0 Å². The molecule has 0 spiro atoms. The van der Waals surface area contributed by atoms with Crippen LogP contribution in [0.1, 0.15) is 37.0 Å². The highest BCUT2D eigenvalue weighted by atomic mass is 32.2. The van der Waals surface area contributed by atoms with E-state index in [1.54, 1.807) is 34.9 Å². The maximum Gasteiger partial charge on any atom is 0.243 e. The quantitative estimate of drug-likeness (QED) is 0.295. The van der Waals surface area contributed by atoms with E-state index in [0.717, 1.165) is 11.3 Å². The lowest BCUT2D eigenvalue weighted by Crippen LogP contribution is -2.51. The van der Waals surface area contributed by atoms with Gasteiger partial charge in [0.25, 0.3) is 0 Å². The summed E-state index contributed by atoms with van der Waals surface area (Å²) in [6, 6.07) is 25.5. The predicted molar refractivity (Wildman–Crippen MR) is 146 cm³/mol. The minimum absolute atomic E-state index is 0.0431. The summed E-state index contributed by atoms with van der Waals surface area (Å²) >= 11 is 1.68. The molecule has 2 amide bonds. The van der Waals surface area contributed by atoms with Gasteiger partial charge in [-0.05, 0) is 23.1 Å². The lowest BCUT2D eigenvalue weighted by Gasteiger charge is -2.32. The van der Waals surface area contributed by atoms with Gasteiger partial charge < -0.3 is 10.2 Å². The standard InChI is InChI=1S/C30H35FN2O2S/c1-23(2)20-32-30(35)28(19-24-11-5-3-6-12-24)33(21-26-15-9-10-16-27(26)31)29(34)17-18-36-22-25-13-7-4-8-14-25/h3-16,23,28H,17-22H2,1-2H3,(H,32,35)/t28-/m0/s1. The third kappa shape index (κ3) is 8.83. The molecule has 0 radical (unpaired) electrons. The molecule has 0 aliphatic carbocycles. The summed E-state index contributed by atoms with van der Waals surface area (Å²) in [5.41, 5.74) is 2.55. The third-order valence-corrected chi connectivity index (χ3v) is 6.86. The lowest BCUT2D eigenvalue weighted by molar-refractivity contribution is -0.141.